The van der Waals surface area contributed by atoms with Crippen LogP contribution in [0.1, 0.15) is 16.8 Å². The van der Waals surface area contributed by atoms with Crippen molar-refractivity contribution in [1.82, 2.24) is 4.90 Å². The monoisotopic (exact) mass is 245 g/mol. The number of halogens is 3. The topological polar surface area (TPSA) is 40.5 Å². The zero-order valence-electron chi connectivity index (χ0n) is 8.79. The molecule has 1 saturated heterocycles. The van der Waals surface area contributed by atoms with Crippen molar-refractivity contribution in [3.05, 3.63) is 35.1 Å². The summed E-state index contributed by atoms with van der Waals surface area (Å²) in [7, 11) is 0. The lowest BCUT2D eigenvalue weighted by Gasteiger charge is -2.15. The van der Waals surface area contributed by atoms with Gasteiger partial charge in [0.05, 0.1) is 6.10 Å². The van der Waals surface area contributed by atoms with Crippen LogP contribution in [0.2, 0.25) is 0 Å². The third-order valence-corrected chi connectivity index (χ3v) is 2.68. The molecule has 1 fully saturated rings. The zero-order chi connectivity index (χ0) is 12.6. The van der Waals surface area contributed by atoms with E-state index in [1.807, 2.05) is 0 Å². The molecule has 0 radical (unpaired) electrons. The molecule has 3 nitrogen and oxygen atoms in total. The van der Waals surface area contributed by atoms with Gasteiger partial charge in [-0.05, 0) is 18.6 Å². The van der Waals surface area contributed by atoms with Crippen LogP contribution >= 0.6 is 0 Å². The van der Waals surface area contributed by atoms with Gasteiger partial charge in [-0.3, -0.25) is 4.79 Å². The fourth-order valence-electron chi connectivity index (χ4n) is 1.79. The van der Waals surface area contributed by atoms with Crippen LogP contribution in [0.25, 0.3) is 0 Å². The number of amides is 1. The van der Waals surface area contributed by atoms with Gasteiger partial charge in [0.15, 0.2) is 17.5 Å². The van der Waals surface area contributed by atoms with Gasteiger partial charge in [-0.15, -0.1) is 0 Å². The molecule has 1 aromatic rings. The Hall–Kier alpha value is -1.56. The highest BCUT2D eigenvalue weighted by molar-refractivity contribution is 5.94. The van der Waals surface area contributed by atoms with Crippen LogP contribution in [0.3, 0.4) is 0 Å². The van der Waals surface area contributed by atoms with E-state index in [1.165, 1.54) is 4.90 Å². The van der Waals surface area contributed by atoms with Gasteiger partial charge in [0.1, 0.15) is 0 Å². The Morgan fingerprint density at radius 1 is 1.29 bits per heavy atom. The molecule has 0 spiro atoms. The fourth-order valence-corrected chi connectivity index (χ4v) is 1.79. The second-order valence-corrected chi connectivity index (χ2v) is 3.95. The summed E-state index contributed by atoms with van der Waals surface area (Å²) in [6.07, 6.45) is -0.188. The Morgan fingerprint density at radius 2 is 1.88 bits per heavy atom. The minimum Gasteiger partial charge on any atom is -0.391 e. The van der Waals surface area contributed by atoms with Crippen LogP contribution in [0.5, 0.6) is 0 Å². The largest absolute Gasteiger partial charge is 0.391 e. The zero-order valence-corrected chi connectivity index (χ0v) is 8.79. The first-order valence-corrected chi connectivity index (χ1v) is 5.11. The lowest BCUT2D eigenvalue weighted by Crippen LogP contribution is -2.29. The number of rotatable bonds is 1. The Balaban J connectivity index is 2.25. The SMILES string of the molecule is O=C(c1cc(F)c(F)c(F)c1)N1CC[C@H](O)C1. The van der Waals surface area contributed by atoms with Crippen LogP contribution in [0, 0.1) is 17.5 Å². The molecule has 1 aliphatic rings. The highest BCUT2D eigenvalue weighted by Crippen LogP contribution is 2.17. The summed E-state index contributed by atoms with van der Waals surface area (Å²) in [5.74, 6) is -5.00. The van der Waals surface area contributed by atoms with Crippen LogP contribution in [0.4, 0.5) is 13.2 Å². The minimum atomic E-state index is -1.59. The second-order valence-electron chi connectivity index (χ2n) is 3.95. The number of carbonyl (C=O) groups excluding carboxylic acids is 1. The number of aliphatic hydroxyl groups excluding tert-OH is 1. The van der Waals surface area contributed by atoms with E-state index in [4.69, 9.17) is 0 Å². The van der Waals surface area contributed by atoms with Gasteiger partial charge in [0.25, 0.3) is 5.91 Å². The third-order valence-electron chi connectivity index (χ3n) is 2.68. The van der Waals surface area contributed by atoms with Gasteiger partial charge >= 0.3 is 0 Å². The Labute approximate surface area is 95.5 Å². The maximum atomic E-state index is 12.9. The van der Waals surface area contributed by atoms with E-state index in [1.54, 1.807) is 0 Å². The number of β-amino-alcohol motifs (C(OH)–C–C–N with tert-alkyl or cyclic N) is 1. The molecule has 0 unspecified atom stereocenters. The first kappa shape index (κ1) is 11.9. The number of hydrogen-bond acceptors (Lipinski definition) is 2. The first-order valence-electron chi connectivity index (χ1n) is 5.11. The predicted molar refractivity (Wildman–Crippen MR) is 52.8 cm³/mol. The van der Waals surface area contributed by atoms with E-state index < -0.39 is 29.5 Å². The molecule has 1 aliphatic heterocycles. The van der Waals surface area contributed by atoms with Crippen molar-refractivity contribution in [2.45, 2.75) is 12.5 Å². The van der Waals surface area contributed by atoms with E-state index in [0.29, 0.717) is 25.1 Å². The van der Waals surface area contributed by atoms with E-state index >= 15 is 0 Å². The Morgan fingerprint density at radius 3 is 2.35 bits per heavy atom. The van der Waals surface area contributed by atoms with Crippen molar-refractivity contribution < 1.29 is 23.1 Å². The van der Waals surface area contributed by atoms with Gasteiger partial charge in [-0.1, -0.05) is 0 Å². The summed E-state index contributed by atoms with van der Waals surface area (Å²) in [6, 6.07) is 1.32. The van der Waals surface area contributed by atoms with Gasteiger partial charge in [0, 0.05) is 18.7 Å². The molecule has 1 heterocycles. The Bertz CT molecular complexity index is 441. The molecular weight excluding hydrogens is 235 g/mol. The molecule has 0 bridgehead atoms. The summed E-state index contributed by atoms with van der Waals surface area (Å²) in [6.45, 7) is 0.445. The van der Waals surface area contributed by atoms with Gasteiger partial charge in [-0.2, -0.15) is 0 Å². The first-order chi connectivity index (χ1) is 7.99. The molecule has 1 amide bonds. The van der Waals surface area contributed by atoms with Crippen LogP contribution in [0.15, 0.2) is 12.1 Å². The number of benzene rings is 1. The predicted octanol–water partition coefficient (Wildman–Crippen LogP) is 1.31. The van der Waals surface area contributed by atoms with E-state index in [2.05, 4.69) is 0 Å². The summed E-state index contributed by atoms with van der Waals surface area (Å²) >= 11 is 0. The highest BCUT2D eigenvalue weighted by atomic mass is 19.2. The lowest BCUT2D eigenvalue weighted by molar-refractivity contribution is 0.0763. The number of likely N-dealkylation sites (tertiary alicyclic amines) is 1. The van der Waals surface area contributed by atoms with Gasteiger partial charge in [-0.25, -0.2) is 13.2 Å². The summed E-state index contributed by atoms with van der Waals surface area (Å²) < 4.78 is 38.6. The van der Waals surface area contributed by atoms with Gasteiger partial charge < -0.3 is 10.0 Å². The van der Waals surface area contributed by atoms with Crippen molar-refractivity contribution in [3.63, 3.8) is 0 Å². The molecule has 2 rings (SSSR count). The summed E-state index contributed by atoms with van der Waals surface area (Å²) in [5, 5.41) is 9.25. The molecular formula is C11H10F3NO2. The maximum Gasteiger partial charge on any atom is 0.254 e. The average Bonchev–Trinajstić information content (AvgIpc) is 2.71. The maximum absolute atomic E-state index is 12.9. The molecule has 92 valence electrons. The van der Waals surface area contributed by atoms with Crippen molar-refractivity contribution in [2.24, 2.45) is 0 Å². The van der Waals surface area contributed by atoms with Crippen molar-refractivity contribution in [3.8, 4) is 0 Å². The van der Waals surface area contributed by atoms with Gasteiger partial charge in [0.2, 0.25) is 0 Å². The van der Waals surface area contributed by atoms with Crippen molar-refractivity contribution >= 4 is 5.91 Å². The molecule has 0 aromatic heterocycles. The van der Waals surface area contributed by atoms with E-state index in [9.17, 15) is 23.1 Å². The average molecular weight is 245 g/mol. The third kappa shape index (κ3) is 2.26. The second kappa shape index (κ2) is 4.37. The number of aliphatic hydroxyl groups is 1. The normalized spacial score (nSPS) is 19.8. The summed E-state index contributed by atoms with van der Waals surface area (Å²) in [5.41, 5.74) is -0.254. The van der Waals surface area contributed by atoms with Crippen molar-refractivity contribution in [2.75, 3.05) is 13.1 Å². The van der Waals surface area contributed by atoms with Crippen LogP contribution in [-0.2, 0) is 0 Å². The van der Waals surface area contributed by atoms with Crippen LogP contribution < -0.4 is 0 Å². The summed E-state index contributed by atoms with van der Waals surface area (Å²) in [4.78, 5) is 13.0. The van der Waals surface area contributed by atoms with Crippen LogP contribution in [-0.4, -0.2) is 35.1 Å². The lowest BCUT2D eigenvalue weighted by atomic mass is 10.2. The van der Waals surface area contributed by atoms with E-state index in [-0.39, 0.29) is 12.1 Å². The number of carbonyl (C=O) groups is 1. The highest BCUT2D eigenvalue weighted by Gasteiger charge is 2.26. The number of nitrogens with zero attached hydrogens (tertiary/aromatic N) is 1. The Kier molecular flexibility index (Phi) is 3.06. The quantitative estimate of drug-likeness (QED) is 0.758. The molecule has 6 heteroatoms. The van der Waals surface area contributed by atoms with Crippen molar-refractivity contribution in [1.29, 1.82) is 0 Å². The number of hydrogen-bond donors (Lipinski definition) is 1. The van der Waals surface area contributed by atoms with E-state index in [0.717, 1.165) is 0 Å². The molecule has 0 saturated carbocycles. The smallest absolute Gasteiger partial charge is 0.254 e. The molecule has 1 atom stereocenters. The molecule has 0 aliphatic carbocycles. The molecule has 1 aromatic carbocycles. The minimum absolute atomic E-state index is 0.124. The molecule has 1 N–H and O–H groups in total. The molecule has 17 heavy (non-hydrogen) atoms. The standard InChI is InChI=1S/C11H10F3NO2/c12-8-3-6(4-9(13)10(8)14)11(17)15-2-1-7(16)5-15/h3-4,7,16H,1-2,5H2/t7-/m0/s1. The fraction of sp³-hybridized carbons (Fsp3) is 0.364.